The van der Waals surface area contributed by atoms with Crippen LogP contribution in [0.2, 0.25) is 10.0 Å². The Morgan fingerprint density at radius 2 is 1.85 bits per heavy atom. The molecule has 1 aromatic rings. The summed E-state index contributed by atoms with van der Waals surface area (Å²) in [5.41, 5.74) is 1.64. The van der Waals surface area contributed by atoms with Crippen molar-refractivity contribution in [2.75, 3.05) is 18.4 Å². The summed E-state index contributed by atoms with van der Waals surface area (Å²) in [7, 11) is 0. The third-order valence-electron chi connectivity index (χ3n) is 3.66. The third kappa shape index (κ3) is 3.58. The van der Waals surface area contributed by atoms with Crippen LogP contribution in [0.1, 0.15) is 31.7 Å². The number of piperidine rings is 1. The minimum atomic E-state index is -0.302. The Bertz CT molecular complexity index is 499. The van der Waals surface area contributed by atoms with Crippen LogP contribution in [0.5, 0.6) is 0 Å². The number of carbonyl (C=O) groups is 1. The lowest BCUT2D eigenvalue weighted by atomic mass is 10.1. The van der Waals surface area contributed by atoms with Gasteiger partial charge in [0.2, 0.25) is 5.91 Å². The number of nitrogens with one attached hydrogen (secondary N) is 1. The number of halogens is 2. The average molecular weight is 315 g/mol. The summed E-state index contributed by atoms with van der Waals surface area (Å²) < 4.78 is 0. The predicted molar refractivity (Wildman–Crippen MR) is 84.7 cm³/mol. The van der Waals surface area contributed by atoms with Gasteiger partial charge in [0.1, 0.15) is 6.04 Å². The molecule has 1 N–H and O–H groups in total. The summed E-state index contributed by atoms with van der Waals surface area (Å²) in [5.74, 6) is 0.123. The molecule has 20 heavy (non-hydrogen) atoms. The number of nitrogens with zero attached hydrogens (tertiary/aromatic N) is 1. The van der Waals surface area contributed by atoms with Gasteiger partial charge in [-0.3, -0.25) is 4.79 Å². The highest BCUT2D eigenvalue weighted by Gasteiger charge is 2.22. The van der Waals surface area contributed by atoms with E-state index in [9.17, 15) is 4.79 Å². The number of carbonyl (C=O) groups excluding carboxylic acids is 1. The molecule has 1 saturated heterocycles. The fourth-order valence-corrected chi connectivity index (χ4v) is 2.88. The van der Waals surface area contributed by atoms with Crippen molar-refractivity contribution in [2.45, 2.75) is 39.2 Å². The molecule has 1 heterocycles. The van der Waals surface area contributed by atoms with Gasteiger partial charge >= 0.3 is 0 Å². The fourth-order valence-electron chi connectivity index (χ4n) is 2.44. The summed E-state index contributed by atoms with van der Waals surface area (Å²) in [6, 6.07) is 3.29. The summed E-state index contributed by atoms with van der Waals surface area (Å²) in [4.78, 5) is 14.3. The Kier molecular flexibility index (Phi) is 5.17. The number of aryl methyl sites for hydroxylation is 1. The van der Waals surface area contributed by atoms with E-state index in [1.807, 2.05) is 24.8 Å². The SMILES string of the molecule is Cc1cc(Cl)c(NC(C)C(=O)N2CCCCC2)cc1Cl. The van der Waals surface area contributed by atoms with E-state index in [0.29, 0.717) is 15.7 Å². The fraction of sp³-hybridized carbons (Fsp3) is 0.533. The molecule has 5 heteroatoms. The molecular weight excluding hydrogens is 295 g/mol. The highest BCUT2D eigenvalue weighted by atomic mass is 35.5. The molecule has 1 amide bonds. The predicted octanol–water partition coefficient (Wildman–Crippen LogP) is 4.11. The monoisotopic (exact) mass is 314 g/mol. The van der Waals surface area contributed by atoms with Gasteiger partial charge in [0, 0.05) is 18.1 Å². The van der Waals surface area contributed by atoms with Crippen molar-refractivity contribution in [3.8, 4) is 0 Å². The van der Waals surface area contributed by atoms with Crippen molar-refractivity contribution in [2.24, 2.45) is 0 Å². The standard InChI is InChI=1S/C15H20Cl2N2O/c1-10-8-13(17)14(9-12(10)16)18-11(2)15(20)19-6-4-3-5-7-19/h8-9,11,18H,3-7H2,1-2H3. The molecule has 0 radical (unpaired) electrons. The maximum Gasteiger partial charge on any atom is 0.244 e. The van der Waals surface area contributed by atoms with E-state index in [1.165, 1.54) is 6.42 Å². The number of hydrogen-bond donors (Lipinski definition) is 1. The summed E-state index contributed by atoms with van der Waals surface area (Å²) >= 11 is 12.3. The van der Waals surface area contributed by atoms with Crippen LogP contribution < -0.4 is 5.32 Å². The third-order valence-corrected chi connectivity index (χ3v) is 4.38. The van der Waals surface area contributed by atoms with Gasteiger partial charge in [0.15, 0.2) is 0 Å². The minimum Gasteiger partial charge on any atom is -0.373 e. The quantitative estimate of drug-likeness (QED) is 0.910. The molecule has 2 rings (SSSR count). The largest absolute Gasteiger partial charge is 0.373 e. The number of rotatable bonds is 3. The molecule has 1 unspecified atom stereocenters. The maximum atomic E-state index is 12.4. The summed E-state index contributed by atoms with van der Waals surface area (Å²) in [6.45, 7) is 5.47. The molecule has 0 aliphatic carbocycles. The van der Waals surface area contributed by atoms with E-state index < -0.39 is 0 Å². The maximum absolute atomic E-state index is 12.4. The summed E-state index contributed by atoms with van der Waals surface area (Å²) in [5, 5.41) is 4.40. The lowest BCUT2D eigenvalue weighted by molar-refractivity contribution is -0.132. The molecule has 0 bridgehead atoms. The van der Waals surface area contributed by atoms with Gasteiger partial charge in [0.25, 0.3) is 0 Å². The van der Waals surface area contributed by atoms with Gasteiger partial charge in [-0.15, -0.1) is 0 Å². The van der Waals surface area contributed by atoms with Gasteiger partial charge in [-0.25, -0.2) is 0 Å². The number of benzene rings is 1. The highest BCUT2D eigenvalue weighted by Crippen LogP contribution is 2.29. The highest BCUT2D eigenvalue weighted by molar-refractivity contribution is 6.35. The second-order valence-electron chi connectivity index (χ2n) is 5.33. The first-order valence-corrected chi connectivity index (χ1v) is 7.75. The van der Waals surface area contributed by atoms with Crippen molar-refractivity contribution in [3.63, 3.8) is 0 Å². The number of hydrogen-bond acceptors (Lipinski definition) is 2. The Labute approximate surface area is 130 Å². The molecule has 1 aromatic carbocycles. The number of likely N-dealkylation sites (tertiary alicyclic amines) is 1. The molecule has 1 aliphatic rings. The van der Waals surface area contributed by atoms with Crippen LogP contribution in [0.15, 0.2) is 12.1 Å². The van der Waals surface area contributed by atoms with Crippen molar-refractivity contribution in [1.29, 1.82) is 0 Å². The molecule has 1 fully saturated rings. The molecule has 0 saturated carbocycles. The lowest BCUT2D eigenvalue weighted by Gasteiger charge is -2.30. The second kappa shape index (κ2) is 6.68. The van der Waals surface area contributed by atoms with E-state index >= 15 is 0 Å². The first-order chi connectivity index (χ1) is 9.49. The van der Waals surface area contributed by atoms with E-state index in [-0.39, 0.29) is 11.9 Å². The normalized spacial score (nSPS) is 16.9. The van der Waals surface area contributed by atoms with Crippen LogP contribution in [0.4, 0.5) is 5.69 Å². The van der Waals surface area contributed by atoms with Crippen LogP contribution in [0.25, 0.3) is 0 Å². The van der Waals surface area contributed by atoms with E-state index in [1.54, 1.807) is 6.07 Å². The van der Waals surface area contributed by atoms with Crippen LogP contribution in [0, 0.1) is 6.92 Å². The molecule has 1 atom stereocenters. The molecule has 1 aliphatic heterocycles. The van der Waals surface area contributed by atoms with Crippen molar-refractivity contribution in [1.82, 2.24) is 4.90 Å². The zero-order valence-corrected chi connectivity index (χ0v) is 13.4. The Morgan fingerprint density at radius 1 is 1.20 bits per heavy atom. The smallest absolute Gasteiger partial charge is 0.244 e. The van der Waals surface area contributed by atoms with Crippen molar-refractivity contribution < 1.29 is 4.79 Å². The molecule has 0 aromatic heterocycles. The van der Waals surface area contributed by atoms with Gasteiger partial charge < -0.3 is 10.2 Å². The molecule has 110 valence electrons. The van der Waals surface area contributed by atoms with Crippen molar-refractivity contribution >= 4 is 34.8 Å². The Balaban J connectivity index is 2.05. The van der Waals surface area contributed by atoms with Crippen LogP contribution in [-0.2, 0) is 4.79 Å². The van der Waals surface area contributed by atoms with E-state index in [0.717, 1.165) is 31.5 Å². The van der Waals surface area contributed by atoms with Gasteiger partial charge in [-0.05, 0) is 50.8 Å². The van der Waals surface area contributed by atoms with Gasteiger partial charge in [-0.1, -0.05) is 23.2 Å². The van der Waals surface area contributed by atoms with Crippen LogP contribution >= 0.6 is 23.2 Å². The number of amides is 1. The minimum absolute atomic E-state index is 0.123. The average Bonchev–Trinajstić information content (AvgIpc) is 2.44. The summed E-state index contributed by atoms with van der Waals surface area (Å²) in [6.07, 6.45) is 3.40. The van der Waals surface area contributed by atoms with Crippen LogP contribution in [-0.4, -0.2) is 29.9 Å². The lowest BCUT2D eigenvalue weighted by Crippen LogP contribution is -2.43. The van der Waals surface area contributed by atoms with Crippen molar-refractivity contribution in [3.05, 3.63) is 27.7 Å². The van der Waals surface area contributed by atoms with E-state index in [2.05, 4.69) is 5.32 Å². The second-order valence-corrected chi connectivity index (χ2v) is 6.15. The topological polar surface area (TPSA) is 32.3 Å². The molecule has 3 nitrogen and oxygen atoms in total. The molecule has 0 spiro atoms. The first-order valence-electron chi connectivity index (χ1n) is 7.00. The Hall–Kier alpha value is -0.930. The van der Waals surface area contributed by atoms with Gasteiger partial charge in [-0.2, -0.15) is 0 Å². The molecular formula is C15H20Cl2N2O. The zero-order chi connectivity index (χ0) is 14.7. The van der Waals surface area contributed by atoms with Gasteiger partial charge in [0.05, 0.1) is 10.7 Å². The Morgan fingerprint density at radius 3 is 2.50 bits per heavy atom. The van der Waals surface area contributed by atoms with E-state index in [4.69, 9.17) is 23.2 Å². The zero-order valence-electron chi connectivity index (χ0n) is 11.9. The first kappa shape index (κ1) is 15.5. The van der Waals surface area contributed by atoms with Crippen LogP contribution in [0.3, 0.4) is 0 Å². The number of anilines is 1.